The summed E-state index contributed by atoms with van der Waals surface area (Å²) < 4.78 is 40.4. The van der Waals surface area contributed by atoms with Crippen molar-refractivity contribution < 1.29 is 12.8 Å². The molecule has 0 heterocycles. The van der Waals surface area contributed by atoms with Gasteiger partial charge in [0.05, 0.1) is 4.90 Å². The Morgan fingerprint density at radius 2 is 2.00 bits per heavy atom. The van der Waals surface area contributed by atoms with E-state index in [-0.39, 0.29) is 10.9 Å². The Bertz CT molecular complexity index is 546. The van der Waals surface area contributed by atoms with Gasteiger partial charge in [0.25, 0.3) is 0 Å². The summed E-state index contributed by atoms with van der Waals surface area (Å²) in [5, 5.41) is 2.91. The van der Waals surface area contributed by atoms with Crippen LogP contribution in [0.25, 0.3) is 0 Å². The second kappa shape index (κ2) is 7.15. The van der Waals surface area contributed by atoms with E-state index in [0.29, 0.717) is 25.1 Å². The molecule has 114 valence electrons. The van der Waals surface area contributed by atoms with Gasteiger partial charge in [-0.15, -0.1) is 0 Å². The van der Waals surface area contributed by atoms with Gasteiger partial charge in [-0.25, -0.2) is 12.8 Å². The number of halogens is 1. The molecule has 0 aliphatic rings. The predicted octanol–water partition coefficient (Wildman–Crippen LogP) is 2.35. The van der Waals surface area contributed by atoms with Crippen LogP contribution in [0.15, 0.2) is 23.1 Å². The highest BCUT2D eigenvalue weighted by molar-refractivity contribution is 7.89. The first kappa shape index (κ1) is 17.1. The van der Waals surface area contributed by atoms with Crippen LogP contribution < -0.4 is 5.32 Å². The van der Waals surface area contributed by atoms with Crippen LogP contribution in [0.4, 0.5) is 4.39 Å². The van der Waals surface area contributed by atoms with E-state index in [1.54, 1.807) is 14.0 Å². The second-order valence-electron chi connectivity index (χ2n) is 4.75. The maximum absolute atomic E-state index is 13.5. The van der Waals surface area contributed by atoms with E-state index in [1.165, 1.54) is 16.4 Å². The van der Waals surface area contributed by atoms with Crippen LogP contribution in [0.1, 0.15) is 32.8 Å². The number of nitrogens with one attached hydrogen (secondary N) is 1. The van der Waals surface area contributed by atoms with Crippen molar-refractivity contribution in [2.75, 3.05) is 13.6 Å². The lowest BCUT2D eigenvalue weighted by Gasteiger charge is -2.27. The Kier molecular flexibility index (Phi) is 6.10. The topological polar surface area (TPSA) is 49.4 Å². The number of sulfonamides is 1. The first-order chi connectivity index (χ1) is 9.38. The summed E-state index contributed by atoms with van der Waals surface area (Å²) in [4.78, 5) is 0.0500. The third-order valence-corrected chi connectivity index (χ3v) is 5.55. The molecule has 1 aromatic carbocycles. The zero-order valence-corrected chi connectivity index (χ0v) is 13.3. The number of hydrogen-bond donors (Lipinski definition) is 1. The Balaban J connectivity index is 3.36. The van der Waals surface area contributed by atoms with Crippen LogP contribution in [-0.4, -0.2) is 32.4 Å². The van der Waals surface area contributed by atoms with E-state index in [4.69, 9.17) is 0 Å². The van der Waals surface area contributed by atoms with E-state index in [0.717, 1.165) is 6.07 Å². The van der Waals surface area contributed by atoms with E-state index in [1.807, 2.05) is 13.8 Å². The third-order valence-electron chi connectivity index (χ3n) is 3.38. The average molecular weight is 302 g/mol. The van der Waals surface area contributed by atoms with Crippen LogP contribution >= 0.6 is 0 Å². The normalized spacial score (nSPS) is 13.7. The fourth-order valence-electron chi connectivity index (χ4n) is 2.15. The minimum Gasteiger partial charge on any atom is -0.316 e. The van der Waals surface area contributed by atoms with E-state index in [9.17, 15) is 12.8 Å². The molecule has 0 fully saturated rings. The maximum atomic E-state index is 13.5. The monoisotopic (exact) mass is 302 g/mol. The molecule has 6 heteroatoms. The Labute approximate surface area is 121 Å². The standard InChI is InChI=1S/C14H23FN2O2S/c1-5-11(3)17(6-2)20(18,19)14-9-13(15)8-7-12(14)10-16-4/h7-9,11,16H,5-6,10H2,1-4H3. The summed E-state index contributed by atoms with van der Waals surface area (Å²) in [5.41, 5.74) is 0.579. The predicted molar refractivity (Wildman–Crippen MR) is 78.5 cm³/mol. The first-order valence-electron chi connectivity index (χ1n) is 6.83. The van der Waals surface area contributed by atoms with Gasteiger partial charge >= 0.3 is 0 Å². The van der Waals surface area contributed by atoms with Gasteiger partial charge in [-0.3, -0.25) is 0 Å². The maximum Gasteiger partial charge on any atom is 0.243 e. The van der Waals surface area contributed by atoms with E-state index < -0.39 is 15.8 Å². The summed E-state index contributed by atoms with van der Waals surface area (Å²) in [5.74, 6) is -0.538. The van der Waals surface area contributed by atoms with Gasteiger partial charge < -0.3 is 5.32 Å². The SMILES string of the molecule is CCC(C)N(CC)S(=O)(=O)c1cc(F)ccc1CNC. The van der Waals surface area contributed by atoms with Crippen molar-refractivity contribution in [3.8, 4) is 0 Å². The molecule has 0 aliphatic heterocycles. The van der Waals surface area contributed by atoms with Crippen molar-refractivity contribution >= 4 is 10.0 Å². The second-order valence-corrected chi connectivity index (χ2v) is 6.61. The molecule has 0 aromatic heterocycles. The fourth-order valence-corrected chi connectivity index (χ4v) is 4.10. The zero-order valence-electron chi connectivity index (χ0n) is 12.5. The zero-order chi connectivity index (χ0) is 15.3. The summed E-state index contributed by atoms with van der Waals surface area (Å²) in [6, 6.07) is 3.79. The average Bonchev–Trinajstić information content (AvgIpc) is 2.41. The van der Waals surface area contributed by atoms with Crippen molar-refractivity contribution in [1.82, 2.24) is 9.62 Å². The molecule has 0 spiro atoms. The minimum absolute atomic E-state index is 0.0500. The largest absolute Gasteiger partial charge is 0.316 e. The Hall–Kier alpha value is -0.980. The van der Waals surface area contributed by atoms with Crippen molar-refractivity contribution in [2.24, 2.45) is 0 Å². The lowest BCUT2D eigenvalue weighted by Crippen LogP contribution is -2.38. The highest BCUT2D eigenvalue weighted by atomic mass is 32.2. The third kappa shape index (κ3) is 3.56. The van der Waals surface area contributed by atoms with Crippen molar-refractivity contribution in [3.05, 3.63) is 29.6 Å². The van der Waals surface area contributed by atoms with Crippen molar-refractivity contribution in [2.45, 2.75) is 44.7 Å². The molecule has 0 radical (unpaired) electrons. The van der Waals surface area contributed by atoms with Gasteiger partial charge in [0.15, 0.2) is 0 Å². The van der Waals surface area contributed by atoms with Crippen LogP contribution in [0, 0.1) is 5.82 Å². The number of hydrogen-bond acceptors (Lipinski definition) is 3. The molecular formula is C14H23FN2O2S. The number of nitrogens with zero attached hydrogens (tertiary/aromatic N) is 1. The summed E-state index contributed by atoms with van der Waals surface area (Å²) in [7, 11) is -1.96. The van der Waals surface area contributed by atoms with Gasteiger partial charge in [0.1, 0.15) is 5.82 Å². The number of benzene rings is 1. The Morgan fingerprint density at radius 1 is 1.35 bits per heavy atom. The van der Waals surface area contributed by atoms with Gasteiger partial charge in [0, 0.05) is 19.1 Å². The number of rotatable bonds is 7. The lowest BCUT2D eigenvalue weighted by molar-refractivity contribution is 0.342. The molecule has 0 saturated carbocycles. The molecule has 1 rings (SSSR count). The molecule has 20 heavy (non-hydrogen) atoms. The molecule has 0 amide bonds. The fraction of sp³-hybridized carbons (Fsp3) is 0.571. The molecule has 1 N–H and O–H groups in total. The first-order valence-corrected chi connectivity index (χ1v) is 8.27. The molecule has 4 nitrogen and oxygen atoms in total. The van der Waals surface area contributed by atoms with Gasteiger partial charge in [0.2, 0.25) is 10.0 Å². The summed E-state index contributed by atoms with van der Waals surface area (Å²) >= 11 is 0. The van der Waals surface area contributed by atoms with Crippen LogP contribution in [0.2, 0.25) is 0 Å². The van der Waals surface area contributed by atoms with Gasteiger partial charge in [-0.05, 0) is 38.1 Å². The van der Waals surface area contributed by atoms with E-state index in [2.05, 4.69) is 5.32 Å². The molecule has 1 atom stereocenters. The minimum atomic E-state index is -3.68. The molecule has 0 saturated heterocycles. The van der Waals surface area contributed by atoms with Crippen molar-refractivity contribution in [3.63, 3.8) is 0 Å². The lowest BCUT2D eigenvalue weighted by atomic mass is 10.2. The quantitative estimate of drug-likeness (QED) is 0.841. The summed E-state index contributed by atoms with van der Waals surface area (Å²) in [6.07, 6.45) is 0.712. The summed E-state index contributed by atoms with van der Waals surface area (Å²) in [6.45, 7) is 6.33. The van der Waals surface area contributed by atoms with Crippen LogP contribution in [0.3, 0.4) is 0 Å². The highest BCUT2D eigenvalue weighted by Crippen LogP contribution is 2.24. The molecule has 0 bridgehead atoms. The Morgan fingerprint density at radius 3 is 2.50 bits per heavy atom. The van der Waals surface area contributed by atoms with E-state index >= 15 is 0 Å². The molecule has 1 unspecified atom stereocenters. The molecule has 0 aliphatic carbocycles. The van der Waals surface area contributed by atoms with Crippen molar-refractivity contribution in [1.29, 1.82) is 0 Å². The smallest absolute Gasteiger partial charge is 0.243 e. The highest BCUT2D eigenvalue weighted by Gasteiger charge is 2.29. The van der Waals surface area contributed by atoms with Crippen LogP contribution in [0.5, 0.6) is 0 Å². The molecular weight excluding hydrogens is 279 g/mol. The van der Waals surface area contributed by atoms with Gasteiger partial charge in [-0.1, -0.05) is 19.9 Å². The van der Waals surface area contributed by atoms with Crippen LogP contribution in [-0.2, 0) is 16.6 Å². The molecule has 1 aromatic rings. The van der Waals surface area contributed by atoms with Gasteiger partial charge in [-0.2, -0.15) is 4.31 Å².